The van der Waals surface area contributed by atoms with Crippen molar-refractivity contribution < 1.29 is 8.42 Å². The maximum absolute atomic E-state index is 11.7. The molecule has 5 nitrogen and oxygen atoms in total. The van der Waals surface area contributed by atoms with E-state index in [1.807, 2.05) is 6.92 Å². The van der Waals surface area contributed by atoms with Gasteiger partial charge in [-0.1, -0.05) is 6.92 Å². The number of nitrogens with zero attached hydrogens (tertiary/aromatic N) is 1. The van der Waals surface area contributed by atoms with Gasteiger partial charge in [-0.15, -0.1) is 0 Å². The minimum absolute atomic E-state index is 0.106. The fourth-order valence-corrected chi connectivity index (χ4v) is 2.85. The molecule has 78 valence electrons. The predicted octanol–water partition coefficient (Wildman–Crippen LogP) is 0.405. The van der Waals surface area contributed by atoms with Gasteiger partial charge in [0.2, 0.25) is 10.0 Å². The largest absolute Gasteiger partial charge is 0.281 e. The molecule has 2 N–H and O–H groups in total. The summed E-state index contributed by atoms with van der Waals surface area (Å²) < 4.78 is 26.1. The molecule has 14 heavy (non-hydrogen) atoms. The highest BCUT2D eigenvalue weighted by Gasteiger charge is 2.37. The number of sulfonamides is 1. The lowest BCUT2D eigenvalue weighted by atomic mass is 10.5. The zero-order valence-corrected chi connectivity index (χ0v) is 8.93. The second-order valence-electron chi connectivity index (χ2n) is 3.80. The average Bonchev–Trinajstić information content (AvgIpc) is 2.62. The fraction of sp³-hybridized carbons (Fsp3) is 0.625. The molecule has 0 saturated heterocycles. The summed E-state index contributed by atoms with van der Waals surface area (Å²) in [4.78, 5) is 0.247. The molecule has 6 heteroatoms. The van der Waals surface area contributed by atoms with Crippen molar-refractivity contribution in [2.24, 2.45) is 5.92 Å². The lowest BCUT2D eigenvalue weighted by Gasteiger charge is -2.03. The Morgan fingerprint density at radius 1 is 1.64 bits per heavy atom. The number of rotatable bonds is 3. The van der Waals surface area contributed by atoms with E-state index in [9.17, 15) is 8.42 Å². The van der Waals surface area contributed by atoms with Crippen molar-refractivity contribution in [1.82, 2.24) is 14.9 Å². The first-order chi connectivity index (χ1) is 6.50. The first-order valence-electron chi connectivity index (χ1n) is 4.53. The van der Waals surface area contributed by atoms with Gasteiger partial charge in [0.15, 0.2) is 0 Å². The lowest BCUT2D eigenvalue weighted by Crippen LogP contribution is -2.27. The molecule has 1 aromatic rings. The minimum Gasteiger partial charge on any atom is -0.281 e. The van der Waals surface area contributed by atoms with E-state index in [1.54, 1.807) is 6.92 Å². The number of hydrogen-bond acceptors (Lipinski definition) is 3. The second kappa shape index (κ2) is 3.06. The van der Waals surface area contributed by atoms with Crippen LogP contribution in [0.1, 0.15) is 19.0 Å². The highest BCUT2D eigenvalue weighted by Crippen LogP contribution is 2.30. The van der Waals surface area contributed by atoms with Crippen LogP contribution in [0.15, 0.2) is 11.1 Å². The molecule has 0 aliphatic heterocycles. The van der Waals surface area contributed by atoms with Gasteiger partial charge in [-0.2, -0.15) is 5.10 Å². The van der Waals surface area contributed by atoms with Crippen LogP contribution in [-0.2, 0) is 10.0 Å². The van der Waals surface area contributed by atoms with E-state index in [2.05, 4.69) is 14.9 Å². The molecule has 2 rings (SSSR count). The van der Waals surface area contributed by atoms with Crippen molar-refractivity contribution in [3.8, 4) is 0 Å². The normalized spacial score (nSPS) is 26.4. The monoisotopic (exact) mass is 215 g/mol. The van der Waals surface area contributed by atoms with Gasteiger partial charge in [0.05, 0.1) is 11.9 Å². The Hall–Kier alpha value is -0.880. The molecule has 1 aliphatic rings. The minimum atomic E-state index is -3.36. The van der Waals surface area contributed by atoms with Crippen LogP contribution >= 0.6 is 0 Å². The zero-order chi connectivity index (χ0) is 10.3. The summed E-state index contributed by atoms with van der Waals surface area (Å²) in [7, 11) is -3.36. The van der Waals surface area contributed by atoms with Crippen molar-refractivity contribution in [2.75, 3.05) is 0 Å². The molecule has 1 saturated carbocycles. The van der Waals surface area contributed by atoms with Gasteiger partial charge in [0, 0.05) is 6.04 Å². The van der Waals surface area contributed by atoms with Crippen LogP contribution < -0.4 is 4.72 Å². The average molecular weight is 215 g/mol. The Balaban J connectivity index is 2.20. The fourth-order valence-electron chi connectivity index (χ4n) is 1.36. The summed E-state index contributed by atoms with van der Waals surface area (Å²) in [6.07, 6.45) is 2.26. The third-order valence-corrected chi connectivity index (χ3v) is 4.09. The van der Waals surface area contributed by atoms with Crippen molar-refractivity contribution >= 4 is 10.0 Å². The summed E-state index contributed by atoms with van der Waals surface area (Å²) in [6.45, 7) is 3.72. The van der Waals surface area contributed by atoms with Crippen molar-refractivity contribution in [2.45, 2.75) is 31.2 Å². The number of hydrogen-bond donors (Lipinski definition) is 2. The smallest absolute Gasteiger partial charge is 0.244 e. The molecule has 2 unspecified atom stereocenters. The molecule has 0 radical (unpaired) electrons. The van der Waals surface area contributed by atoms with Gasteiger partial charge in [-0.3, -0.25) is 5.10 Å². The molecular weight excluding hydrogens is 202 g/mol. The Bertz CT molecular complexity index is 437. The van der Waals surface area contributed by atoms with Crippen LogP contribution in [0, 0.1) is 12.8 Å². The topological polar surface area (TPSA) is 74.8 Å². The number of nitrogens with one attached hydrogen (secondary N) is 2. The molecule has 1 heterocycles. The zero-order valence-electron chi connectivity index (χ0n) is 8.11. The van der Waals surface area contributed by atoms with Crippen LogP contribution in [0.5, 0.6) is 0 Å². The molecular formula is C8H13N3O2S. The maximum Gasteiger partial charge on any atom is 0.244 e. The Morgan fingerprint density at radius 3 is 2.71 bits per heavy atom. The van der Waals surface area contributed by atoms with Crippen LogP contribution in [-0.4, -0.2) is 24.7 Å². The van der Waals surface area contributed by atoms with Crippen LogP contribution in [0.25, 0.3) is 0 Å². The van der Waals surface area contributed by atoms with E-state index < -0.39 is 10.0 Å². The lowest BCUT2D eigenvalue weighted by molar-refractivity contribution is 0.578. The summed E-state index contributed by atoms with van der Waals surface area (Å²) >= 11 is 0. The Morgan fingerprint density at radius 2 is 2.29 bits per heavy atom. The number of aromatic nitrogens is 2. The standard InChI is InChI=1S/C8H13N3O2S/c1-5-3-7(5)11-14(12,13)8-4-9-10-6(8)2/h4-5,7,11H,3H2,1-2H3,(H,9,10). The highest BCUT2D eigenvalue weighted by molar-refractivity contribution is 7.89. The van der Waals surface area contributed by atoms with Gasteiger partial charge in [0.1, 0.15) is 4.90 Å². The number of aromatic amines is 1. The summed E-state index contributed by atoms with van der Waals surface area (Å²) in [5.41, 5.74) is 0.575. The molecule has 0 aromatic carbocycles. The maximum atomic E-state index is 11.7. The van der Waals surface area contributed by atoms with Crippen LogP contribution in [0.3, 0.4) is 0 Å². The van der Waals surface area contributed by atoms with Gasteiger partial charge in [0.25, 0.3) is 0 Å². The molecule has 0 bridgehead atoms. The van der Waals surface area contributed by atoms with Gasteiger partial charge < -0.3 is 0 Å². The number of aryl methyl sites for hydroxylation is 1. The Labute approximate surface area is 83.0 Å². The molecule has 0 amide bonds. The van der Waals surface area contributed by atoms with E-state index in [1.165, 1.54) is 6.20 Å². The predicted molar refractivity (Wildman–Crippen MR) is 51.2 cm³/mol. The van der Waals surface area contributed by atoms with E-state index in [-0.39, 0.29) is 10.9 Å². The van der Waals surface area contributed by atoms with Crippen LogP contribution in [0.2, 0.25) is 0 Å². The van der Waals surface area contributed by atoms with Gasteiger partial charge in [-0.25, -0.2) is 13.1 Å². The molecule has 2 atom stereocenters. The summed E-state index contributed by atoms with van der Waals surface area (Å²) in [5, 5.41) is 6.30. The van der Waals surface area contributed by atoms with E-state index >= 15 is 0 Å². The molecule has 1 aromatic heterocycles. The highest BCUT2D eigenvalue weighted by atomic mass is 32.2. The quantitative estimate of drug-likeness (QED) is 0.766. The molecule has 1 fully saturated rings. The van der Waals surface area contributed by atoms with Crippen LogP contribution in [0.4, 0.5) is 0 Å². The Kier molecular flexibility index (Phi) is 2.11. The summed E-state index contributed by atoms with van der Waals surface area (Å²) in [6, 6.07) is 0.106. The second-order valence-corrected chi connectivity index (χ2v) is 5.48. The van der Waals surface area contributed by atoms with E-state index in [4.69, 9.17) is 0 Å². The third kappa shape index (κ3) is 1.67. The van der Waals surface area contributed by atoms with E-state index in [0.29, 0.717) is 11.6 Å². The number of H-pyrrole nitrogens is 1. The van der Waals surface area contributed by atoms with Crippen molar-refractivity contribution in [3.63, 3.8) is 0 Å². The molecule has 1 aliphatic carbocycles. The SMILES string of the molecule is Cc1[nH]ncc1S(=O)(=O)NC1CC1C. The first-order valence-corrected chi connectivity index (χ1v) is 6.01. The van der Waals surface area contributed by atoms with Gasteiger partial charge >= 0.3 is 0 Å². The molecule has 0 spiro atoms. The van der Waals surface area contributed by atoms with E-state index in [0.717, 1.165) is 6.42 Å². The van der Waals surface area contributed by atoms with Crippen molar-refractivity contribution in [1.29, 1.82) is 0 Å². The third-order valence-electron chi connectivity index (χ3n) is 2.49. The summed E-state index contributed by atoms with van der Waals surface area (Å²) in [5.74, 6) is 0.456. The van der Waals surface area contributed by atoms with Crippen molar-refractivity contribution in [3.05, 3.63) is 11.9 Å². The first kappa shape index (κ1) is 9.67. The van der Waals surface area contributed by atoms with Gasteiger partial charge in [-0.05, 0) is 19.3 Å².